The van der Waals surface area contributed by atoms with E-state index in [0.717, 1.165) is 20.8 Å². The normalized spacial score (nSPS) is 5.00. The maximum absolute atomic E-state index is 9.00. The summed E-state index contributed by atoms with van der Waals surface area (Å²) in [6.07, 6.45) is 0. The van der Waals surface area contributed by atoms with Crippen LogP contribution in [0.3, 0.4) is 0 Å². The van der Waals surface area contributed by atoms with E-state index >= 15 is 0 Å². The number of hydrogen-bond acceptors (Lipinski definition) is 4. The third-order valence-electron chi connectivity index (χ3n) is 0. The third-order valence-corrected chi connectivity index (χ3v) is 0. The van der Waals surface area contributed by atoms with Gasteiger partial charge in [0.25, 0.3) is 17.9 Å². The Bertz CT molecular complexity index is 139. The van der Waals surface area contributed by atoms with Crippen LogP contribution >= 0.6 is 0 Å². The number of rotatable bonds is 0. The van der Waals surface area contributed by atoms with Gasteiger partial charge in [0.1, 0.15) is 0 Å². The van der Waals surface area contributed by atoms with Crippen LogP contribution in [-0.2, 0) is 14.4 Å². The average Bonchev–Trinajstić information content (AvgIpc) is 1.54. The van der Waals surface area contributed by atoms with E-state index in [-0.39, 0.29) is 72.6 Å². The topological polar surface area (TPSA) is 147 Å². The van der Waals surface area contributed by atoms with E-state index in [0.29, 0.717) is 0 Å². The minimum Gasteiger partial charge on any atom is -1.00 e. The first-order valence-electron chi connectivity index (χ1n) is 2.78. The molecular formula is C6H19CaMgNO6. The number of carboxylic acid groups (broad SMARTS) is 3. The second kappa shape index (κ2) is 29.3. The fourth-order valence-corrected chi connectivity index (χ4v) is 0. The standard InChI is InChI=1S/3C2H4O2.Ca.Mg.H3N.4H/c3*1-2(3)4;;;;;;;/h3*1H3,(H,3,4);;;1H3;;;;/q;;;2*+2;;4*-1. The monoisotopic (exact) mass is 265 g/mol. The van der Waals surface area contributed by atoms with Gasteiger partial charge in [-0.05, 0) is 0 Å². The first-order valence-corrected chi connectivity index (χ1v) is 2.78. The number of aliphatic carboxylic acids is 3. The summed E-state index contributed by atoms with van der Waals surface area (Å²) in [6, 6.07) is 0. The van der Waals surface area contributed by atoms with Crippen molar-refractivity contribution < 1.29 is 35.4 Å². The van der Waals surface area contributed by atoms with Crippen LogP contribution in [0.15, 0.2) is 0 Å². The molecule has 6 N–H and O–H groups in total. The van der Waals surface area contributed by atoms with Crippen LogP contribution in [0.25, 0.3) is 0 Å². The summed E-state index contributed by atoms with van der Waals surface area (Å²) < 4.78 is 0. The summed E-state index contributed by atoms with van der Waals surface area (Å²) >= 11 is 0. The van der Waals surface area contributed by atoms with Gasteiger partial charge in [-0.25, -0.2) is 0 Å². The molecule has 0 radical (unpaired) electrons. The Morgan fingerprint density at radius 3 is 0.800 bits per heavy atom. The number of carbonyl (C=O) groups is 3. The van der Waals surface area contributed by atoms with Gasteiger partial charge < -0.3 is 27.2 Å². The van der Waals surface area contributed by atoms with Gasteiger partial charge in [-0.2, -0.15) is 0 Å². The number of hydrogen-bond donors (Lipinski definition) is 4. The molecule has 0 amide bonds. The molecule has 0 bridgehead atoms. The molecule has 0 spiro atoms. The van der Waals surface area contributed by atoms with Crippen molar-refractivity contribution in [1.29, 1.82) is 0 Å². The van der Waals surface area contributed by atoms with E-state index in [1.54, 1.807) is 0 Å². The van der Waals surface area contributed by atoms with Gasteiger partial charge in [-0.3, -0.25) is 14.4 Å². The van der Waals surface area contributed by atoms with Crippen LogP contribution in [-0.4, -0.2) is 94.0 Å². The van der Waals surface area contributed by atoms with E-state index in [1.165, 1.54) is 0 Å². The van der Waals surface area contributed by atoms with Crippen molar-refractivity contribution >= 4 is 78.7 Å². The predicted molar refractivity (Wildman–Crippen MR) is 60.9 cm³/mol. The van der Waals surface area contributed by atoms with Gasteiger partial charge in [0.2, 0.25) is 0 Å². The maximum atomic E-state index is 9.00. The Morgan fingerprint density at radius 2 is 0.800 bits per heavy atom. The zero-order chi connectivity index (χ0) is 10.7. The Balaban J connectivity index is -0.00000000675. The van der Waals surface area contributed by atoms with Crippen molar-refractivity contribution in [3.8, 4) is 0 Å². The van der Waals surface area contributed by atoms with Crippen molar-refractivity contribution in [3.05, 3.63) is 0 Å². The summed E-state index contributed by atoms with van der Waals surface area (Å²) in [5.41, 5.74) is 0. The molecule has 0 aliphatic rings. The molecule has 0 atom stereocenters. The molecule has 0 aliphatic carbocycles. The van der Waals surface area contributed by atoms with Gasteiger partial charge in [-0.1, -0.05) is 0 Å². The summed E-state index contributed by atoms with van der Waals surface area (Å²) in [7, 11) is 0. The molecule has 7 nitrogen and oxygen atoms in total. The average molecular weight is 266 g/mol. The van der Waals surface area contributed by atoms with Crippen molar-refractivity contribution in [2.24, 2.45) is 0 Å². The molecule has 0 saturated carbocycles. The van der Waals surface area contributed by atoms with E-state index in [1.807, 2.05) is 0 Å². The van der Waals surface area contributed by atoms with E-state index in [4.69, 9.17) is 29.7 Å². The largest absolute Gasteiger partial charge is 2.00 e. The minimum atomic E-state index is -0.833. The second-order valence-corrected chi connectivity index (χ2v) is 1.56. The zero-order valence-corrected chi connectivity index (χ0v) is 12.8. The van der Waals surface area contributed by atoms with Crippen LogP contribution < -0.4 is 6.15 Å². The Labute approximate surface area is 140 Å². The molecule has 9 heteroatoms. The predicted octanol–water partition coefficient (Wildman–Crippen LogP) is 0.123. The minimum absolute atomic E-state index is 0. The summed E-state index contributed by atoms with van der Waals surface area (Å²) in [4.78, 5) is 27.0. The van der Waals surface area contributed by atoms with Crippen LogP contribution in [0, 0.1) is 0 Å². The zero-order valence-electron chi connectivity index (χ0n) is 13.2. The van der Waals surface area contributed by atoms with E-state index in [2.05, 4.69) is 0 Å². The van der Waals surface area contributed by atoms with Crippen molar-refractivity contribution in [3.63, 3.8) is 0 Å². The first kappa shape index (κ1) is 36.1. The van der Waals surface area contributed by atoms with Gasteiger partial charge >= 0.3 is 60.8 Å². The first-order chi connectivity index (χ1) is 5.20. The molecule has 15 heavy (non-hydrogen) atoms. The molecule has 0 heterocycles. The Morgan fingerprint density at radius 1 is 0.800 bits per heavy atom. The Kier molecular flexibility index (Phi) is 70.5. The third kappa shape index (κ3) is 14100. The molecular weight excluding hydrogens is 246 g/mol. The molecule has 0 aromatic carbocycles. The summed E-state index contributed by atoms with van der Waals surface area (Å²) in [5, 5.41) is 22.2. The summed E-state index contributed by atoms with van der Waals surface area (Å²) in [5.74, 6) is -2.50. The molecule has 0 rings (SSSR count). The van der Waals surface area contributed by atoms with Crippen molar-refractivity contribution in [2.75, 3.05) is 0 Å². The maximum Gasteiger partial charge on any atom is 2.00 e. The van der Waals surface area contributed by atoms with Gasteiger partial charge in [-0.15, -0.1) is 0 Å². The van der Waals surface area contributed by atoms with E-state index in [9.17, 15) is 0 Å². The smallest absolute Gasteiger partial charge is 1.00 e. The number of carboxylic acids is 3. The van der Waals surface area contributed by atoms with Gasteiger partial charge in [0.15, 0.2) is 0 Å². The molecule has 0 aromatic rings. The molecule has 0 saturated heterocycles. The molecule has 0 aliphatic heterocycles. The Hall–Kier alpha value is 0.396. The molecule has 88 valence electrons. The van der Waals surface area contributed by atoms with E-state index < -0.39 is 17.9 Å². The van der Waals surface area contributed by atoms with Crippen molar-refractivity contribution in [1.82, 2.24) is 6.15 Å². The molecule has 0 fully saturated rings. The van der Waals surface area contributed by atoms with Crippen LogP contribution in [0.5, 0.6) is 0 Å². The SMILES string of the molecule is CC(=O)O.CC(=O)O.CC(=O)O.N.[Ca+2].[H-].[H-].[H-].[H-].[Mg+2]. The quantitative estimate of drug-likeness (QED) is 0.455. The van der Waals surface area contributed by atoms with Crippen LogP contribution in [0.1, 0.15) is 26.5 Å². The van der Waals surface area contributed by atoms with Gasteiger partial charge in [0.05, 0.1) is 0 Å². The van der Waals surface area contributed by atoms with Crippen LogP contribution in [0.4, 0.5) is 0 Å². The fourth-order valence-electron chi connectivity index (χ4n) is 0. The van der Waals surface area contributed by atoms with Gasteiger partial charge in [0, 0.05) is 20.8 Å². The van der Waals surface area contributed by atoms with Crippen molar-refractivity contribution in [2.45, 2.75) is 20.8 Å². The molecule has 0 unspecified atom stereocenters. The summed E-state index contributed by atoms with van der Waals surface area (Å²) in [6.45, 7) is 3.25. The van der Waals surface area contributed by atoms with Crippen LogP contribution in [0.2, 0.25) is 0 Å². The molecule has 0 aromatic heterocycles. The fraction of sp³-hybridized carbons (Fsp3) is 0.500. The second-order valence-electron chi connectivity index (χ2n) is 1.56.